The summed E-state index contributed by atoms with van der Waals surface area (Å²) in [7, 11) is 0. The van der Waals surface area contributed by atoms with Gasteiger partial charge in [-0.1, -0.05) is 18.2 Å². The first kappa shape index (κ1) is 19.2. The van der Waals surface area contributed by atoms with E-state index >= 15 is 0 Å². The molecule has 4 rings (SSSR count). The number of nitrogens with zero attached hydrogens (tertiary/aromatic N) is 2. The van der Waals surface area contributed by atoms with Crippen molar-refractivity contribution in [3.8, 4) is 11.5 Å². The van der Waals surface area contributed by atoms with Crippen LogP contribution in [0, 0.1) is 6.92 Å². The molecule has 3 heterocycles. The number of likely N-dealkylation sites (tertiary alicyclic amines) is 1. The van der Waals surface area contributed by atoms with Crippen LogP contribution >= 0.6 is 0 Å². The number of rotatable bonds is 4. The van der Waals surface area contributed by atoms with Crippen molar-refractivity contribution >= 4 is 22.8 Å². The molecule has 1 aliphatic heterocycles. The predicted octanol–water partition coefficient (Wildman–Crippen LogP) is 4.36. The topological polar surface area (TPSA) is 72.6 Å². The third-order valence-corrected chi connectivity index (χ3v) is 5.23. The van der Waals surface area contributed by atoms with Gasteiger partial charge in [0.1, 0.15) is 11.5 Å². The molecule has 29 heavy (non-hydrogen) atoms. The van der Waals surface area contributed by atoms with Crippen LogP contribution in [-0.2, 0) is 9.53 Å². The summed E-state index contributed by atoms with van der Waals surface area (Å²) in [5, 5.41) is 0.683. The molecular formula is C23H24N2O4. The van der Waals surface area contributed by atoms with Gasteiger partial charge in [-0.05, 0) is 57.4 Å². The fourth-order valence-corrected chi connectivity index (χ4v) is 3.69. The van der Waals surface area contributed by atoms with Crippen molar-refractivity contribution in [2.45, 2.75) is 39.2 Å². The fraction of sp³-hybridized carbons (Fsp3) is 0.348. The Morgan fingerprint density at radius 3 is 2.59 bits per heavy atom. The minimum absolute atomic E-state index is 0.140. The van der Waals surface area contributed by atoms with Crippen LogP contribution in [0.15, 0.2) is 46.9 Å². The zero-order chi connectivity index (χ0) is 20.4. The van der Waals surface area contributed by atoms with Gasteiger partial charge in [-0.25, -0.2) is 9.78 Å². The number of aryl methyl sites for hydroxylation is 1. The Hall–Kier alpha value is -3.15. The quantitative estimate of drug-likeness (QED) is 0.617. The van der Waals surface area contributed by atoms with E-state index in [1.807, 2.05) is 43.3 Å². The zero-order valence-corrected chi connectivity index (χ0v) is 16.7. The molecule has 0 radical (unpaired) electrons. The van der Waals surface area contributed by atoms with Crippen molar-refractivity contribution in [3.05, 3.63) is 53.8 Å². The van der Waals surface area contributed by atoms with Crippen molar-refractivity contribution in [1.82, 2.24) is 9.88 Å². The van der Waals surface area contributed by atoms with E-state index < -0.39 is 12.1 Å². The molecule has 150 valence electrons. The summed E-state index contributed by atoms with van der Waals surface area (Å²) in [5.41, 5.74) is 1.60. The smallest absolute Gasteiger partial charge is 0.339 e. The first-order chi connectivity index (χ1) is 14.0. The number of ether oxygens (including phenoxy) is 1. The van der Waals surface area contributed by atoms with Gasteiger partial charge in [0, 0.05) is 18.5 Å². The van der Waals surface area contributed by atoms with Gasteiger partial charge < -0.3 is 14.1 Å². The number of pyridine rings is 1. The van der Waals surface area contributed by atoms with E-state index in [0.29, 0.717) is 27.9 Å². The number of amides is 1. The number of carbonyl (C=O) groups is 2. The summed E-state index contributed by atoms with van der Waals surface area (Å²) in [6.45, 7) is 4.93. The first-order valence-corrected chi connectivity index (χ1v) is 9.99. The molecule has 6 heteroatoms. The maximum absolute atomic E-state index is 13.0. The molecule has 1 atom stereocenters. The second kappa shape index (κ2) is 8.07. The van der Waals surface area contributed by atoms with Crippen LogP contribution in [0.3, 0.4) is 0 Å². The number of hydrogen-bond donors (Lipinski definition) is 0. The SMILES string of the molecule is Cc1ccc(-c2cc(C(=O)O[C@@H](C)C(=O)N3CCCCC3)c3ccccc3n2)o1. The highest BCUT2D eigenvalue weighted by Gasteiger charge is 2.26. The van der Waals surface area contributed by atoms with Crippen molar-refractivity contribution in [1.29, 1.82) is 0 Å². The Morgan fingerprint density at radius 2 is 1.86 bits per heavy atom. The number of esters is 1. The molecular weight excluding hydrogens is 368 g/mol. The van der Waals surface area contributed by atoms with E-state index in [4.69, 9.17) is 9.15 Å². The van der Waals surface area contributed by atoms with Gasteiger partial charge >= 0.3 is 5.97 Å². The molecule has 1 amide bonds. The lowest BCUT2D eigenvalue weighted by Crippen LogP contribution is -2.42. The fourth-order valence-electron chi connectivity index (χ4n) is 3.69. The largest absolute Gasteiger partial charge is 0.460 e. The Kier molecular flexibility index (Phi) is 5.34. The maximum Gasteiger partial charge on any atom is 0.339 e. The average molecular weight is 392 g/mol. The number of benzene rings is 1. The van der Waals surface area contributed by atoms with Crippen LogP contribution in [0.4, 0.5) is 0 Å². The van der Waals surface area contributed by atoms with Gasteiger partial charge in [0.15, 0.2) is 11.9 Å². The molecule has 0 spiro atoms. The van der Waals surface area contributed by atoms with Gasteiger partial charge in [-0.2, -0.15) is 0 Å². The van der Waals surface area contributed by atoms with E-state index in [1.54, 1.807) is 17.9 Å². The van der Waals surface area contributed by atoms with Crippen molar-refractivity contribution in [2.24, 2.45) is 0 Å². The number of aromatic nitrogens is 1. The molecule has 1 aromatic carbocycles. The second-order valence-electron chi connectivity index (χ2n) is 7.42. The molecule has 1 fully saturated rings. The van der Waals surface area contributed by atoms with Gasteiger partial charge in [0.2, 0.25) is 0 Å². The van der Waals surface area contributed by atoms with Crippen LogP contribution in [0.1, 0.15) is 42.3 Å². The minimum Gasteiger partial charge on any atom is -0.460 e. The number of furan rings is 1. The van der Waals surface area contributed by atoms with Crippen LogP contribution in [-0.4, -0.2) is 41.0 Å². The summed E-state index contributed by atoms with van der Waals surface area (Å²) in [6, 6.07) is 12.7. The summed E-state index contributed by atoms with van der Waals surface area (Å²) in [4.78, 5) is 32.0. The molecule has 1 saturated heterocycles. The molecule has 0 saturated carbocycles. The monoisotopic (exact) mass is 392 g/mol. The minimum atomic E-state index is -0.832. The van der Waals surface area contributed by atoms with Crippen molar-refractivity contribution in [2.75, 3.05) is 13.1 Å². The number of hydrogen-bond acceptors (Lipinski definition) is 5. The lowest BCUT2D eigenvalue weighted by Gasteiger charge is -2.29. The van der Waals surface area contributed by atoms with E-state index in [2.05, 4.69) is 4.98 Å². The number of piperidine rings is 1. The van der Waals surface area contributed by atoms with Gasteiger partial charge in [-0.3, -0.25) is 4.79 Å². The lowest BCUT2D eigenvalue weighted by molar-refractivity contribution is -0.140. The second-order valence-corrected chi connectivity index (χ2v) is 7.42. The third-order valence-electron chi connectivity index (χ3n) is 5.23. The standard InChI is InChI=1S/C23H24N2O4/c1-15-10-11-21(28-15)20-14-18(17-8-4-5-9-19(17)24-20)23(27)29-16(2)22(26)25-12-6-3-7-13-25/h4-5,8-11,14,16H,3,6-7,12-13H2,1-2H3/t16-/m0/s1. The number of carbonyl (C=O) groups excluding carboxylic acids is 2. The molecule has 0 bridgehead atoms. The normalized spacial score (nSPS) is 15.3. The van der Waals surface area contributed by atoms with Crippen molar-refractivity contribution < 1.29 is 18.7 Å². The van der Waals surface area contributed by atoms with E-state index in [9.17, 15) is 9.59 Å². The molecule has 6 nitrogen and oxygen atoms in total. The van der Waals surface area contributed by atoms with Crippen LogP contribution in [0.5, 0.6) is 0 Å². The highest BCUT2D eigenvalue weighted by Crippen LogP contribution is 2.27. The Labute approximate surface area is 169 Å². The highest BCUT2D eigenvalue weighted by atomic mass is 16.5. The molecule has 0 aliphatic carbocycles. The van der Waals surface area contributed by atoms with Crippen LogP contribution in [0.25, 0.3) is 22.4 Å². The van der Waals surface area contributed by atoms with E-state index in [-0.39, 0.29) is 5.91 Å². The molecule has 0 N–H and O–H groups in total. The molecule has 0 unspecified atom stereocenters. The van der Waals surface area contributed by atoms with E-state index in [0.717, 1.165) is 38.1 Å². The molecule has 3 aromatic rings. The van der Waals surface area contributed by atoms with Crippen molar-refractivity contribution in [3.63, 3.8) is 0 Å². The van der Waals surface area contributed by atoms with Gasteiger partial charge in [0.25, 0.3) is 5.91 Å². The third kappa shape index (κ3) is 4.01. The Morgan fingerprint density at radius 1 is 1.10 bits per heavy atom. The Bertz CT molecular complexity index is 1050. The zero-order valence-electron chi connectivity index (χ0n) is 16.7. The summed E-state index contributed by atoms with van der Waals surface area (Å²) < 4.78 is 11.2. The lowest BCUT2D eigenvalue weighted by atomic mass is 10.1. The van der Waals surface area contributed by atoms with Gasteiger partial charge in [-0.15, -0.1) is 0 Å². The van der Waals surface area contributed by atoms with E-state index in [1.165, 1.54) is 0 Å². The number of para-hydroxylation sites is 1. The summed E-state index contributed by atoms with van der Waals surface area (Å²) >= 11 is 0. The maximum atomic E-state index is 13.0. The van der Waals surface area contributed by atoms with Crippen LogP contribution in [0.2, 0.25) is 0 Å². The Balaban J connectivity index is 1.63. The number of fused-ring (bicyclic) bond motifs is 1. The summed E-state index contributed by atoms with van der Waals surface area (Å²) in [6.07, 6.45) is 2.29. The molecule has 1 aliphatic rings. The molecule has 2 aromatic heterocycles. The first-order valence-electron chi connectivity index (χ1n) is 9.99. The van der Waals surface area contributed by atoms with Gasteiger partial charge in [0.05, 0.1) is 11.1 Å². The van der Waals surface area contributed by atoms with Crippen LogP contribution < -0.4 is 0 Å². The summed E-state index contributed by atoms with van der Waals surface area (Å²) in [5.74, 6) is 0.670. The average Bonchev–Trinajstić information content (AvgIpc) is 3.19. The predicted molar refractivity (Wildman–Crippen MR) is 109 cm³/mol. The highest BCUT2D eigenvalue weighted by molar-refractivity contribution is 6.05.